The molecule has 0 aliphatic heterocycles. The summed E-state index contributed by atoms with van der Waals surface area (Å²) in [5, 5.41) is 15.3. The van der Waals surface area contributed by atoms with E-state index < -0.39 is 19.7 Å². The van der Waals surface area contributed by atoms with Gasteiger partial charge in [-0.05, 0) is 65.2 Å². The number of nitrogens with one attached hydrogen (secondary N) is 1. The number of phenolic OH excluding ortho intramolecular Hbond substituents is 1. The molecule has 0 unspecified atom stereocenters. The minimum atomic E-state index is -2.26. The zero-order chi connectivity index (χ0) is 35.9. The molecule has 11 heteroatoms. The minimum Gasteiger partial charge on any atom is -0.508 e. The topological polar surface area (TPSA) is 96.3 Å². The fraction of sp³-hybridized carbons (Fsp3) is 0.385. The van der Waals surface area contributed by atoms with Gasteiger partial charge in [0.15, 0.2) is 5.82 Å². The highest BCUT2D eigenvalue weighted by Gasteiger charge is 2.42. The van der Waals surface area contributed by atoms with Crippen LogP contribution in [0.25, 0.3) is 32.9 Å². The van der Waals surface area contributed by atoms with Crippen molar-refractivity contribution in [2.75, 3.05) is 24.3 Å². The maximum Gasteiger partial charge on any atom is 0.317 e. The van der Waals surface area contributed by atoms with Gasteiger partial charge in [0.25, 0.3) is 0 Å². The number of nitrogens with zero attached hydrogens (tertiary/aromatic N) is 5. The van der Waals surface area contributed by atoms with Gasteiger partial charge < -0.3 is 20.1 Å². The summed E-state index contributed by atoms with van der Waals surface area (Å²) in [6.07, 6.45) is 5.13. The Kier molecular flexibility index (Phi) is 9.68. The molecule has 260 valence electrons. The average Bonchev–Trinajstić information content (AvgIpc) is 3.94. The second kappa shape index (κ2) is 13.8. The molecule has 3 heterocycles. The Balaban J connectivity index is 1.57. The molecule has 1 aliphatic rings. The molecule has 1 aliphatic carbocycles. The number of pyridine rings is 2. The molecule has 0 atom stereocenters. The fourth-order valence-electron chi connectivity index (χ4n) is 7.36. The second-order valence-electron chi connectivity index (χ2n) is 14.1. The van der Waals surface area contributed by atoms with Gasteiger partial charge in [0, 0.05) is 49.2 Å². The number of fused-ring (bicyclic) bond motifs is 2. The molecule has 0 saturated heterocycles. The van der Waals surface area contributed by atoms with Crippen molar-refractivity contribution in [2.45, 2.75) is 83.7 Å². The first-order valence-electron chi connectivity index (χ1n) is 17.2. The summed E-state index contributed by atoms with van der Waals surface area (Å²) in [6, 6.07) is 9.79. The van der Waals surface area contributed by atoms with E-state index in [1.165, 1.54) is 18.3 Å². The van der Waals surface area contributed by atoms with Crippen LogP contribution < -0.4 is 15.0 Å². The largest absolute Gasteiger partial charge is 0.508 e. The zero-order valence-electron chi connectivity index (χ0n) is 29.9. The molecule has 2 N–H and O–H groups in total. The molecular formula is C39H44F2N6O2Si. The van der Waals surface area contributed by atoms with Crippen molar-refractivity contribution in [3.63, 3.8) is 0 Å². The van der Waals surface area contributed by atoms with Gasteiger partial charge in [-0.15, -0.1) is 5.54 Å². The molecular weight excluding hydrogens is 651 g/mol. The second-order valence-corrected chi connectivity index (χ2v) is 19.7. The SMILES string of the molecule is CNc1ccnc(COc2ncc3c(N(C)C4CC4)nc(-c4cc(O)cc5ccc(F)c(C#C[Si](C(C)C)(C(C)C)C(C)C)c45)c(F)c3n2)c1. The van der Waals surface area contributed by atoms with Crippen LogP contribution in [0.3, 0.4) is 0 Å². The molecule has 0 radical (unpaired) electrons. The smallest absolute Gasteiger partial charge is 0.317 e. The third-order valence-corrected chi connectivity index (χ3v) is 16.4. The lowest BCUT2D eigenvalue weighted by atomic mass is 9.95. The number of rotatable bonds is 10. The molecule has 1 saturated carbocycles. The summed E-state index contributed by atoms with van der Waals surface area (Å²) < 4.78 is 38.9. The van der Waals surface area contributed by atoms with Crippen LogP contribution in [-0.2, 0) is 6.61 Å². The quantitative estimate of drug-likeness (QED) is 0.111. The summed E-state index contributed by atoms with van der Waals surface area (Å²) in [4.78, 5) is 20.1. The van der Waals surface area contributed by atoms with Crippen LogP contribution in [0.1, 0.15) is 65.6 Å². The summed E-state index contributed by atoms with van der Waals surface area (Å²) in [7, 11) is 1.47. The zero-order valence-corrected chi connectivity index (χ0v) is 30.9. The van der Waals surface area contributed by atoms with Crippen LogP contribution >= 0.6 is 0 Å². The van der Waals surface area contributed by atoms with E-state index >= 15 is 8.78 Å². The first kappa shape index (κ1) is 35.0. The van der Waals surface area contributed by atoms with Crippen LogP contribution in [0, 0.1) is 23.1 Å². The lowest BCUT2D eigenvalue weighted by Crippen LogP contribution is -2.43. The number of halogens is 2. The highest BCUT2D eigenvalue weighted by molar-refractivity contribution is 6.90. The van der Waals surface area contributed by atoms with Crippen LogP contribution in [0.2, 0.25) is 16.6 Å². The van der Waals surface area contributed by atoms with E-state index in [0.29, 0.717) is 44.3 Å². The Labute approximate surface area is 293 Å². The molecule has 0 amide bonds. The summed E-state index contributed by atoms with van der Waals surface area (Å²) >= 11 is 0. The molecule has 8 nitrogen and oxygen atoms in total. The average molecular weight is 695 g/mol. The van der Waals surface area contributed by atoms with Crippen molar-refractivity contribution in [1.82, 2.24) is 19.9 Å². The molecule has 1 fully saturated rings. The molecule has 0 bridgehead atoms. The Bertz CT molecular complexity index is 2120. The summed E-state index contributed by atoms with van der Waals surface area (Å²) in [5.41, 5.74) is 6.47. The fourth-order valence-corrected chi connectivity index (χ4v) is 12.6. The van der Waals surface area contributed by atoms with E-state index in [2.05, 4.69) is 73.3 Å². The van der Waals surface area contributed by atoms with Crippen LogP contribution in [0.4, 0.5) is 20.3 Å². The summed E-state index contributed by atoms with van der Waals surface area (Å²) in [5.74, 6) is 2.42. The van der Waals surface area contributed by atoms with Gasteiger partial charge in [-0.3, -0.25) is 4.98 Å². The van der Waals surface area contributed by atoms with Crippen molar-refractivity contribution in [3.8, 4) is 34.5 Å². The highest BCUT2D eigenvalue weighted by Crippen LogP contribution is 2.43. The van der Waals surface area contributed by atoms with E-state index in [9.17, 15) is 5.11 Å². The van der Waals surface area contributed by atoms with Crippen molar-refractivity contribution < 1.29 is 18.6 Å². The molecule has 2 aromatic carbocycles. The lowest BCUT2D eigenvalue weighted by Gasteiger charge is -2.38. The third kappa shape index (κ3) is 6.44. The standard InChI is InChI=1S/C39H44F2N6O2Si/c1-22(2)50(23(3)4,24(5)6)16-14-30-33(40)12-9-25-17-29(48)19-31(34(25)30)36-35(41)37-32(38(45-36)47(8)28-10-11-28)20-44-39(46-37)49-21-27-18-26(42-7)13-15-43-27/h9,12-13,15,17-20,22-24,28,48H,10-11,21H2,1-8H3,(H,42,43). The number of aromatic nitrogens is 4. The van der Waals surface area contributed by atoms with E-state index in [1.54, 1.807) is 18.3 Å². The first-order valence-corrected chi connectivity index (χ1v) is 19.4. The third-order valence-electron chi connectivity index (χ3n) is 10.1. The van der Waals surface area contributed by atoms with Gasteiger partial charge in [0.1, 0.15) is 43.3 Å². The van der Waals surface area contributed by atoms with Gasteiger partial charge in [-0.25, -0.2) is 18.7 Å². The van der Waals surface area contributed by atoms with Crippen molar-refractivity contribution in [2.24, 2.45) is 0 Å². The number of aromatic hydroxyl groups is 1. The molecule has 3 aromatic heterocycles. The molecule has 5 aromatic rings. The number of hydrogen-bond donors (Lipinski definition) is 2. The van der Waals surface area contributed by atoms with E-state index in [1.807, 2.05) is 31.1 Å². The number of benzene rings is 2. The maximum atomic E-state index is 17.0. The predicted molar refractivity (Wildman–Crippen MR) is 199 cm³/mol. The van der Waals surface area contributed by atoms with E-state index in [0.717, 1.165) is 18.5 Å². The van der Waals surface area contributed by atoms with E-state index in [4.69, 9.17) is 9.72 Å². The summed E-state index contributed by atoms with van der Waals surface area (Å²) in [6.45, 7) is 13.3. The number of hydrogen-bond acceptors (Lipinski definition) is 8. The Morgan fingerprint density at radius 1 is 1.00 bits per heavy atom. The van der Waals surface area contributed by atoms with Crippen molar-refractivity contribution in [3.05, 3.63) is 71.7 Å². The van der Waals surface area contributed by atoms with Crippen molar-refractivity contribution >= 4 is 41.3 Å². The Morgan fingerprint density at radius 3 is 2.38 bits per heavy atom. The number of anilines is 2. The van der Waals surface area contributed by atoms with Crippen LogP contribution in [-0.4, -0.2) is 53.3 Å². The van der Waals surface area contributed by atoms with Gasteiger partial charge in [0.2, 0.25) is 0 Å². The van der Waals surface area contributed by atoms with E-state index in [-0.39, 0.29) is 46.7 Å². The Hall–Kier alpha value is -4.82. The monoisotopic (exact) mass is 694 g/mol. The lowest BCUT2D eigenvalue weighted by molar-refractivity contribution is 0.277. The van der Waals surface area contributed by atoms with Gasteiger partial charge in [-0.1, -0.05) is 53.5 Å². The van der Waals surface area contributed by atoms with Gasteiger partial charge >= 0.3 is 6.01 Å². The molecule has 50 heavy (non-hydrogen) atoms. The number of ether oxygens (including phenoxy) is 1. The van der Waals surface area contributed by atoms with Gasteiger partial charge in [-0.2, -0.15) is 4.98 Å². The van der Waals surface area contributed by atoms with Gasteiger partial charge in [0.05, 0.1) is 16.6 Å². The first-order chi connectivity index (χ1) is 23.8. The van der Waals surface area contributed by atoms with Crippen molar-refractivity contribution in [1.29, 1.82) is 0 Å². The minimum absolute atomic E-state index is 0.00538. The highest BCUT2D eigenvalue weighted by atomic mass is 28.3. The molecule has 6 rings (SSSR count). The van der Waals surface area contributed by atoms with Crippen LogP contribution in [0.15, 0.2) is 48.8 Å². The normalized spacial score (nSPS) is 13.3. The maximum absolute atomic E-state index is 17.0. The molecule has 0 spiro atoms. The predicted octanol–water partition coefficient (Wildman–Crippen LogP) is 9.01. The number of phenols is 1. The van der Waals surface area contributed by atoms with Crippen LogP contribution in [0.5, 0.6) is 11.8 Å². The Morgan fingerprint density at radius 2 is 1.72 bits per heavy atom.